The highest BCUT2D eigenvalue weighted by Crippen LogP contribution is 2.45. The molecular formula is C14H24NO3. The number of hydrogen-bond acceptors (Lipinski definition) is 3. The van der Waals surface area contributed by atoms with Gasteiger partial charge in [-0.15, -0.1) is 0 Å². The van der Waals surface area contributed by atoms with Crippen molar-refractivity contribution in [3.8, 4) is 0 Å². The Bertz CT molecular complexity index is 308. The minimum absolute atomic E-state index is 0.0304. The van der Waals surface area contributed by atoms with E-state index in [0.29, 0.717) is 6.61 Å². The molecule has 103 valence electrons. The van der Waals surface area contributed by atoms with Crippen LogP contribution in [0.25, 0.3) is 0 Å². The Labute approximate surface area is 109 Å². The summed E-state index contributed by atoms with van der Waals surface area (Å²) in [6.07, 6.45) is 4.35. The molecule has 0 spiro atoms. The van der Waals surface area contributed by atoms with E-state index in [1.807, 2.05) is 20.8 Å². The van der Waals surface area contributed by atoms with Crippen molar-refractivity contribution in [3.05, 3.63) is 6.92 Å². The molecule has 4 nitrogen and oxygen atoms in total. The van der Waals surface area contributed by atoms with Gasteiger partial charge in [-0.2, -0.15) is 0 Å². The van der Waals surface area contributed by atoms with Crippen molar-refractivity contribution in [3.63, 3.8) is 0 Å². The maximum atomic E-state index is 11.9. The third-order valence-corrected chi connectivity index (χ3v) is 3.99. The summed E-state index contributed by atoms with van der Waals surface area (Å²) in [5.74, 6) is 0. The van der Waals surface area contributed by atoms with Crippen LogP contribution in [0.15, 0.2) is 0 Å². The van der Waals surface area contributed by atoms with Crippen LogP contribution in [0.1, 0.15) is 52.9 Å². The molecule has 1 aliphatic carbocycles. The number of ether oxygens (including phenoxy) is 2. The molecule has 3 aliphatic rings. The predicted octanol–water partition coefficient (Wildman–Crippen LogP) is 2.82. The molecule has 3 rings (SSSR count). The molecule has 2 aliphatic heterocycles. The fourth-order valence-electron chi connectivity index (χ4n) is 2.77. The van der Waals surface area contributed by atoms with Crippen LogP contribution in [-0.2, 0) is 9.47 Å². The first-order chi connectivity index (χ1) is 8.28. The number of hydrogen-bond donors (Lipinski definition) is 1. The Kier molecular flexibility index (Phi) is 3.34. The summed E-state index contributed by atoms with van der Waals surface area (Å²) < 4.78 is 11.2. The van der Waals surface area contributed by atoms with Crippen LogP contribution in [-0.4, -0.2) is 29.4 Å². The predicted molar refractivity (Wildman–Crippen MR) is 69.2 cm³/mol. The Hall–Kier alpha value is -0.770. The Morgan fingerprint density at radius 3 is 2.33 bits per heavy atom. The van der Waals surface area contributed by atoms with E-state index in [-0.39, 0.29) is 17.2 Å². The van der Waals surface area contributed by atoms with Gasteiger partial charge < -0.3 is 14.8 Å². The first kappa shape index (κ1) is 13.7. The summed E-state index contributed by atoms with van der Waals surface area (Å²) in [5, 5.41) is 3.01. The zero-order valence-corrected chi connectivity index (χ0v) is 11.7. The van der Waals surface area contributed by atoms with Gasteiger partial charge in [-0.25, -0.2) is 4.79 Å². The normalized spacial score (nSPS) is 35.3. The molecule has 0 aromatic carbocycles. The molecule has 0 unspecified atom stereocenters. The van der Waals surface area contributed by atoms with E-state index in [9.17, 15) is 4.79 Å². The van der Waals surface area contributed by atoms with Crippen molar-refractivity contribution < 1.29 is 14.3 Å². The summed E-state index contributed by atoms with van der Waals surface area (Å²) in [6, 6.07) is 0. The lowest BCUT2D eigenvalue weighted by molar-refractivity contribution is -0.159. The molecule has 2 saturated heterocycles. The van der Waals surface area contributed by atoms with Gasteiger partial charge in [0.1, 0.15) is 5.60 Å². The maximum absolute atomic E-state index is 11.9. The second kappa shape index (κ2) is 4.41. The lowest BCUT2D eigenvalue weighted by atomic mass is 9.70. The average molecular weight is 254 g/mol. The molecule has 0 aromatic heterocycles. The molecule has 1 amide bonds. The summed E-state index contributed by atoms with van der Waals surface area (Å²) >= 11 is 0. The number of nitrogens with one attached hydrogen (secondary N) is 1. The highest BCUT2D eigenvalue weighted by Gasteiger charge is 2.49. The molecular weight excluding hydrogens is 230 g/mol. The standard InChI is InChI=1S/C14H24NO3/c1-5-14-8-6-13(7-9-14,10-17-14)15-11(16)18-12(2,3)4/h1,5-10H2,2-4H3,(H,15,16). The monoisotopic (exact) mass is 254 g/mol. The van der Waals surface area contributed by atoms with E-state index in [4.69, 9.17) is 9.47 Å². The van der Waals surface area contributed by atoms with E-state index in [1.54, 1.807) is 0 Å². The zero-order chi connectivity index (χ0) is 13.4. The number of alkyl carbamates (subject to hydrolysis) is 1. The van der Waals surface area contributed by atoms with Crippen LogP contribution in [0.4, 0.5) is 4.79 Å². The van der Waals surface area contributed by atoms with Crippen LogP contribution in [0.2, 0.25) is 0 Å². The average Bonchev–Trinajstić information content (AvgIpc) is 2.28. The van der Waals surface area contributed by atoms with Gasteiger partial charge in [-0.1, -0.05) is 6.92 Å². The quantitative estimate of drug-likeness (QED) is 0.824. The van der Waals surface area contributed by atoms with Crippen molar-refractivity contribution in [1.82, 2.24) is 5.32 Å². The highest BCUT2D eigenvalue weighted by molar-refractivity contribution is 5.69. The molecule has 0 atom stereocenters. The first-order valence-electron chi connectivity index (χ1n) is 6.73. The largest absolute Gasteiger partial charge is 0.444 e. The fourth-order valence-corrected chi connectivity index (χ4v) is 2.77. The smallest absolute Gasteiger partial charge is 0.408 e. The van der Waals surface area contributed by atoms with Crippen LogP contribution >= 0.6 is 0 Å². The minimum atomic E-state index is -0.456. The second-order valence-corrected chi connectivity index (χ2v) is 6.63. The minimum Gasteiger partial charge on any atom is -0.444 e. The van der Waals surface area contributed by atoms with Gasteiger partial charge in [0.2, 0.25) is 0 Å². The maximum Gasteiger partial charge on any atom is 0.408 e. The molecule has 2 heterocycles. The number of rotatable bonds is 2. The summed E-state index contributed by atoms with van der Waals surface area (Å²) in [6.45, 7) is 10.2. The van der Waals surface area contributed by atoms with Crippen LogP contribution in [0, 0.1) is 6.92 Å². The van der Waals surface area contributed by atoms with E-state index in [0.717, 1.165) is 32.1 Å². The van der Waals surface area contributed by atoms with Crippen molar-refractivity contribution >= 4 is 6.09 Å². The summed E-state index contributed by atoms with van der Waals surface area (Å²) in [7, 11) is 0. The third kappa shape index (κ3) is 2.79. The van der Waals surface area contributed by atoms with Gasteiger partial charge in [0.25, 0.3) is 0 Å². The van der Waals surface area contributed by atoms with Gasteiger partial charge in [-0.05, 0) is 52.9 Å². The molecule has 1 N–H and O–H groups in total. The summed E-state index contributed by atoms with van der Waals surface area (Å²) in [5.41, 5.74) is -0.710. The van der Waals surface area contributed by atoms with Gasteiger partial charge in [-0.3, -0.25) is 0 Å². The Morgan fingerprint density at radius 1 is 1.33 bits per heavy atom. The highest BCUT2D eigenvalue weighted by atomic mass is 16.6. The molecule has 3 fully saturated rings. The Balaban J connectivity index is 1.93. The van der Waals surface area contributed by atoms with Crippen LogP contribution in [0.5, 0.6) is 0 Å². The van der Waals surface area contributed by atoms with Crippen molar-refractivity contribution in [2.75, 3.05) is 6.61 Å². The van der Waals surface area contributed by atoms with E-state index >= 15 is 0 Å². The van der Waals surface area contributed by atoms with Gasteiger partial charge in [0.05, 0.1) is 17.7 Å². The number of fused-ring (bicyclic) bond motifs is 3. The molecule has 2 bridgehead atoms. The number of carbonyl (C=O) groups is 1. The lowest BCUT2D eigenvalue weighted by Gasteiger charge is -2.53. The van der Waals surface area contributed by atoms with E-state index in [2.05, 4.69) is 12.2 Å². The number of amides is 1. The van der Waals surface area contributed by atoms with Crippen molar-refractivity contribution in [1.29, 1.82) is 0 Å². The van der Waals surface area contributed by atoms with Crippen LogP contribution < -0.4 is 5.32 Å². The molecule has 4 heteroatoms. The van der Waals surface area contributed by atoms with Crippen molar-refractivity contribution in [2.24, 2.45) is 0 Å². The van der Waals surface area contributed by atoms with Crippen molar-refractivity contribution in [2.45, 2.75) is 69.6 Å². The van der Waals surface area contributed by atoms with Gasteiger partial charge in [0.15, 0.2) is 0 Å². The van der Waals surface area contributed by atoms with Gasteiger partial charge in [0, 0.05) is 0 Å². The fraction of sp³-hybridized carbons (Fsp3) is 0.857. The first-order valence-corrected chi connectivity index (χ1v) is 6.73. The van der Waals surface area contributed by atoms with Crippen LogP contribution in [0.3, 0.4) is 0 Å². The summed E-state index contributed by atoms with van der Waals surface area (Å²) in [4.78, 5) is 11.9. The Morgan fingerprint density at radius 2 is 1.94 bits per heavy atom. The van der Waals surface area contributed by atoms with E-state index in [1.165, 1.54) is 0 Å². The number of carbonyl (C=O) groups excluding carboxylic acids is 1. The van der Waals surface area contributed by atoms with Gasteiger partial charge >= 0.3 is 6.09 Å². The molecule has 18 heavy (non-hydrogen) atoms. The molecule has 0 aromatic rings. The lowest BCUT2D eigenvalue weighted by Crippen LogP contribution is -2.63. The second-order valence-electron chi connectivity index (χ2n) is 6.63. The SMILES string of the molecule is [CH2]CC12CCC(NC(=O)OC(C)(C)C)(CC1)CO2. The van der Waals surface area contributed by atoms with E-state index < -0.39 is 5.60 Å². The zero-order valence-electron chi connectivity index (χ0n) is 11.7. The molecule has 1 radical (unpaired) electrons. The topological polar surface area (TPSA) is 47.6 Å². The third-order valence-electron chi connectivity index (χ3n) is 3.99. The molecule has 1 saturated carbocycles.